The number of amides is 1. The van der Waals surface area contributed by atoms with E-state index in [2.05, 4.69) is 9.71 Å². The molecule has 0 bridgehead atoms. The molecule has 1 aromatic heterocycles. The average molecular weight is 414 g/mol. The molecule has 1 amide bonds. The van der Waals surface area contributed by atoms with Crippen molar-refractivity contribution in [3.8, 4) is 0 Å². The first-order valence-corrected chi connectivity index (χ1v) is 11.2. The SMILES string of the molecule is CN1CCC/C1=N\S(=O)(=O)c1ccc(NC(=O)c2csc3ccccc23)cc1. The second-order valence-electron chi connectivity index (χ2n) is 6.63. The van der Waals surface area contributed by atoms with Crippen LogP contribution in [0.25, 0.3) is 10.1 Å². The molecule has 1 N–H and O–H groups in total. The van der Waals surface area contributed by atoms with E-state index in [-0.39, 0.29) is 10.8 Å². The molecular formula is C20H19N3O3S2. The third-order valence-electron chi connectivity index (χ3n) is 4.70. The Morgan fingerprint density at radius 3 is 2.61 bits per heavy atom. The average Bonchev–Trinajstić information content (AvgIpc) is 3.28. The summed E-state index contributed by atoms with van der Waals surface area (Å²) in [5.41, 5.74) is 1.14. The maximum atomic E-state index is 12.6. The Bertz CT molecular complexity index is 1160. The van der Waals surface area contributed by atoms with Gasteiger partial charge in [-0.15, -0.1) is 15.7 Å². The lowest BCUT2D eigenvalue weighted by Crippen LogP contribution is -2.20. The molecule has 8 heteroatoms. The van der Waals surface area contributed by atoms with Crippen LogP contribution < -0.4 is 5.32 Å². The number of carbonyl (C=O) groups is 1. The van der Waals surface area contributed by atoms with Crippen molar-refractivity contribution < 1.29 is 13.2 Å². The quantitative estimate of drug-likeness (QED) is 0.702. The number of fused-ring (bicyclic) bond motifs is 1. The van der Waals surface area contributed by atoms with Gasteiger partial charge in [-0.1, -0.05) is 18.2 Å². The van der Waals surface area contributed by atoms with Crippen LogP contribution in [0.2, 0.25) is 0 Å². The number of thiophene rings is 1. The van der Waals surface area contributed by atoms with E-state index in [0.717, 1.165) is 23.1 Å². The normalized spacial score (nSPS) is 16.0. The second kappa shape index (κ2) is 7.37. The predicted octanol–water partition coefficient (Wildman–Crippen LogP) is 3.97. The number of hydrogen-bond donors (Lipinski definition) is 1. The summed E-state index contributed by atoms with van der Waals surface area (Å²) < 4.78 is 30.0. The number of anilines is 1. The molecular weight excluding hydrogens is 394 g/mol. The number of rotatable bonds is 4. The van der Waals surface area contributed by atoms with Crippen molar-refractivity contribution in [2.45, 2.75) is 17.7 Å². The molecule has 1 saturated heterocycles. The fourth-order valence-electron chi connectivity index (χ4n) is 3.16. The number of nitrogens with one attached hydrogen (secondary N) is 1. The lowest BCUT2D eigenvalue weighted by molar-refractivity contribution is 0.102. The fraction of sp³-hybridized carbons (Fsp3) is 0.200. The minimum Gasteiger partial charge on any atom is -0.362 e. The van der Waals surface area contributed by atoms with E-state index in [9.17, 15) is 13.2 Å². The molecule has 28 heavy (non-hydrogen) atoms. The maximum Gasteiger partial charge on any atom is 0.283 e. The largest absolute Gasteiger partial charge is 0.362 e. The Labute approximate surface area is 167 Å². The number of carbonyl (C=O) groups excluding carboxylic acids is 1. The van der Waals surface area contributed by atoms with Gasteiger partial charge in [0, 0.05) is 41.2 Å². The first kappa shape index (κ1) is 18.6. The standard InChI is InChI=1S/C20H19N3O3S2/c1-23-12-4-7-19(23)22-28(25,26)15-10-8-14(9-11-15)21-20(24)17-13-27-18-6-3-2-5-16(17)18/h2-3,5-6,8-11,13H,4,7,12H2,1H3,(H,21,24)/b22-19+. The topological polar surface area (TPSA) is 78.8 Å². The second-order valence-corrected chi connectivity index (χ2v) is 9.15. The van der Waals surface area contributed by atoms with E-state index in [0.29, 0.717) is 23.5 Å². The summed E-state index contributed by atoms with van der Waals surface area (Å²) >= 11 is 1.51. The van der Waals surface area contributed by atoms with Gasteiger partial charge >= 0.3 is 0 Å². The zero-order valence-electron chi connectivity index (χ0n) is 15.3. The van der Waals surface area contributed by atoms with E-state index >= 15 is 0 Å². The summed E-state index contributed by atoms with van der Waals surface area (Å²) in [6.45, 7) is 0.816. The van der Waals surface area contributed by atoms with Gasteiger partial charge in [-0.25, -0.2) is 0 Å². The number of hydrogen-bond acceptors (Lipinski definition) is 4. The molecule has 6 nitrogen and oxygen atoms in total. The molecule has 0 aliphatic carbocycles. The van der Waals surface area contributed by atoms with Crippen molar-refractivity contribution in [3.63, 3.8) is 0 Å². The van der Waals surface area contributed by atoms with Crippen LogP contribution in [0.4, 0.5) is 5.69 Å². The van der Waals surface area contributed by atoms with Gasteiger partial charge < -0.3 is 10.2 Å². The van der Waals surface area contributed by atoms with Crippen molar-refractivity contribution in [1.29, 1.82) is 0 Å². The van der Waals surface area contributed by atoms with E-state index in [4.69, 9.17) is 0 Å². The first-order chi connectivity index (χ1) is 13.4. The van der Waals surface area contributed by atoms with Crippen LogP contribution in [-0.4, -0.2) is 38.7 Å². The van der Waals surface area contributed by atoms with Crippen molar-refractivity contribution in [1.82, 2.24) is 4.90 Å². The van der Waals surface area contributed by atoms with Crippen LogP contribution >= 0.6 is 11.3 Å². The van der Waals surface area contributed by atoms with Crippen molar-refractivity contribution >= 4 is 48.9 Å². The van der Waals surface area contributed by atoms with E-state index in [1.54, 1.807) is 12.1 Å². The summed E-state index contributed by atoms with van der Waals surface area (Å²) in [4.78, 5) is 14.6. The van der Waals surface area contributed by atoms with Crippen LogP contribution in [0.1, 0.15) is 23.2 Å². The van der Waals surface area contributed by atoms with Gasteiger partial charge in [-0.05, 0) is 36.8 Å². The van der Waals surface area contributed by atoms with Crippen LogP contribution in [0.15, 0.2) is 63.2 Å². The van der Waals surface area contributed by atoms with Crippen molar-refractivity contribution in [2.75, 3.05) is 18.9 Å². The van der Waals surface area contributed by atoms with Gasteiger partial charge in [0.25, 0.3) is 15.9 Å². The molecule has 1 aliphatic rings. The predicted molar refractivity (Wildman–Crippen MR) is 113 cm³/mol. The van der Waals surface area contributed by atoms with Gasteiger partial charge in [0.05, 0.1) is 10.5 Å². The number of amidine groups is 1. The summed E-state index contributed by atoms with van der Waals surface area (Å²) in [5, 5.41) is 5.55. The van der Waals surface area contributed by atoms with Crippen LogP contribution in [-0.2, 0) is 10.0 Å². The Morgan fingerprint density at radius 1 is 1.14 bits per heavy atom. The third-order valence-corrected chi connectivity index (χ3v) is 6.98. The molecule has 1 aliphatic heterocycles. The molecule has 144 valence electrons. The maximum absolute atomic E-state index is 12.6. The number of benzene rings is 2. The molecule has 0 spiro atoms. The number of likely N-dealkylation sites (tertiary alicyclic amines) is 1. The van der Waals surface area contributed by atoms with Crippen molar-refractivity contribution in [2.24, 2.45) is 4.40 Å². The van der Waals surface area contributed by atoms with Crippen molar-refractivity contribution in [3.05, 3.63) is 59.5 Å². The molecule has 1 fully saturated rings. The highest BCUT2D eigenvalue weighted by atomic mass is 32.2. The summed E-state index contributed by atoms with van der Waals surface area (Å²) in [7, 11) is -1.92. The molecule has 0 saturated carbocycles. The fourth-order valence-corrected chi connectivity index (χ4v) is 5.20. The zero-order valence-corrected chi connectivity index (χ0v) is 16.9. The van der Waals surface area contributed by atoms with Gasteiger partial charge in [0.15, 0.2) is 0 Å². The monoisotopic (exact) mass is 413 g/mol. The summed E-state index contributed by atoms with van der Waals surface area (Å²) in [5.74, 6) is 0.364. The minimum absolute atomic E-state index is 0.110. The molecule has 0 atom stereocenters. The van der Waals surface area contributed by atoms with E-state index in [1.165, 1.54) is 23.5 Å². The van der Waals surface area contributed by atoms with Gasteiger partial charge in [-0.2, -0.15) is 8.42 Å². The third kappa shape index (κ3) is 3.65. The van der Waals surface area contributed by atoms with Gasteiger partial charge in [0.2, 0.25) is 0 Å². The van der Waals surface area contributed by atoms with Crippen LogP contribution in [0.3, 0.4) is 0 Å². The van der Waals surface area contributed by atoms with Gasteiger partial charge in [0.1, 0.15) is 5.84 Å². The smallest absolute Gasteiger partial charge is 0.283 e. The summed E-state index contributed by atoms with van der Waals surface area (Å²) in [6.07, 6.45) is 1.57. The highest BCUT2D eigenvalue weighted by molar-refractivity contribution is 7.90. The van der Waals surface area contributed by atoms with E-state index in [1.807, 2.05) is 41.6 Å². The Morgan fingerprint density at radius 2 is 1.89 bits per heavy atom. The van der Waals surface area contributed by atoms with E-state index < -0.39 is 10.0 Å². The Hall–Kier alpha value is -2.71. The highest BCUT2D eigenvalue weighted by Crippen LogP contribution is 2.26. The van der Waals surface area contributed by atoms with Gasteiger partial charge in [-0.3, -0.25) is 4.79 Å². The molecule has 0 unspecified atom stereocenters. The molecule has 2 heterocycles. The zero-order chi connectivity index (χ0) is 19.7. The lowest BCUT2D eigenvalue weighted by atomic mass is 10.1. The Kier molecular flexibility index (Phi) is 4.91. The molecule has 0 radical (unpaired) electrons. The molecule has 4 rings (SSSR count). The van der Waals surface area contributed by atoms with Crippen LogP contribution in [0, 0.1) is 0 Å². The Balaban J connectivity index is 1.53. The highest BCUT2D eigenvalue weighted by Gasteiger charge is 2.20. The number of sulfonamides is 1. The summed E-state index contributed by atoms with van der Waals surface area (Å²) in [6, 6.07) is 13.8. The lowest BCUT2D eigenvalue weighted by Gasteiger charge is -2.11. The number of nitrogens with zero attached hydrogens (tertiary/aromatic N) is 2. The molecule has 2 aromatic carbocycles. The van der Waals surface area contributed by atoms with Crippen LogP contribution in [0.5, 0.6) is 0 Å². The first-order valence-electron chi connectivity index (χ1n) is 8.87. The molecule has 3 aromatic rings. The minimum atomic E-state index is -3.76.